The maximum Gasteiger partial charge on any atom is 0.417 e. The van der Waals surface area contributed by atoms with Gasteiger partial charge in [-0.15, -0.1) is 0 Å². The standard InChI is InChI=1S/C10H6ClF3N2O/c11-7-2-1-5(3-6(7)10(12,13)14)8-4-9(15)17-16-8/h1-4H,15H2. The van der Waals surface area contributed by atoms with E-state index in [1.807, 2.05) is 0 Å². The fourth-order valence-electron chi connectivity index (χ4n) is 1.33. The molecule has 2 rings (SSSR count). The molecule has 0 aliphatic heterocycles. The number of aromatic nitrogens is 1. The zero-order valence-corrected chi connectivity index (χ0v) is 9.01. The van der Waals surface area contributed by atoms with Crippen LogP contribution in [0.3, 0.4) is 0 Å². The lowest BCUT2D eigenvalue weighted by Gasteiger charge is -2.09. The predicted octanol–water partition coefficient (Wildman–Crippen LogP) is 3.60. The van der Waals surface area contributed by atoms with Gasteiger partial charge in [-0.3, -0.25) is 0 Å². The zero-order chi connectivity index (χ0) is 12.6. The number of hydrogen-bond acceptors (Lipinski definition) is 3. The predicted molar refractivity (Wildman–Crippen MR) is 56.4 cm³/mol. The molecular weight excluding hydrogens is 257 g/mol. The van der Waals surface area contributed by atoms with Crippen molar-refractivity contribution in [2.75, 3.05) is 5.73 Å². The van der Waals surface area contributed by atoms with Crippen LogP contribution >= 0.6 is 11.6 Å². The van der Waals surface area contributed by atoms with Gasteiger partial charge in [-0.2, -0.15) is 13.2 Å². The van der Waals surface area contributed by atoms with Crippen molar-refractivity contribution in [1.82, 2.24) is 5.16 Å². The van der Waals surface area contributed by atoms with E-state index in [2.05, 4.69) is 9.68 Å². The molecule has 90 valence electrons. The smallest absolute Gasteiger partial charge is 0.368 e. The molecule has 1 heterocycles. The van der Waals surface area contributed by atoms with E-state index in [1.54, 1.807) is 0 Å². The SMILES string of the molecule is Nc1cc(-c2ccc(Cl)c(C(F)(F)F)c2)no1. The Morgan fingerprint density at radius 1 is 1.24 bits per heavy atom. The van der Waals surface area contributed by atoms with Crippen LogP contribution in [0.5, 0.6) is 0 Å². The van der Waals surface area contributed by atoms with E-state index in [0.717, 1.165) is 12.1 Å². The van der Waals surface area contributed by atoms with Gasteiger partial charge in [0.05, 0.1) is 10.6 Å². The van der Waals surface area contributed by atoms with Gasteiger partial charge in [0.1, 0.15) is 5.69 Å². The molecule has 1 aromatic carbocycles. The number of anilines is 1. The second kappa shape index (κ2) is 3.96. The van der Waals surface area contributed by atoms with Crippen LogP contribution in [-0.4, -0.2) is 5.16 Å². The van der Waals surface area contributed by atoms with Crippen molar-refractivity contribution in [2.45, 2.75) is 6.18 Å². The van der Waals surface area contributed by atoms with Crippen molar-refractivity contribution in [1.29, 1.82) is 0 Å². The monoisotopic (exact) mass is 262 g/mol. The Labute approximate surface area is 99.0 Å². The first-order chi connectivity index (χ1) is 7.88. The van der Waals surface area contributed by atoms with Gasteiger partial charge in [0.2, 0.25) is 5.88 Å². The van der Waals surface area contributed by atoms with Crippen LogP contribution in [0.2, 0.25) is 5.02 Å². The molecule has 0 spiro atoms. The average Bonchev–Trinajstić information content (AvgIpc) is 2.64. The summed E-state index contributed by atoms with van der Waals surface area (Å²) in [5.74, 6) is 0.0310. The lowest BCUT2D eigenvalue weighted by atomic mass is 10.1. The second-order valence-electron chi connectivity index (χ2n) is 3.31. The first kappa shape index (κ1) is 11.8. The molecule has 0 fully saturated rings. The molecule has 0 amide bonds. The molecular formula is C10H6ClF3N2O. The Balaban J connectivity index is 2.51. The molecule has 0 aliphatic carbocycles. The summed E-state index contributed by atoms with van der Waals surface area (Å²) in [6.45, 7) is 0. The molecule has 17 heavy (non-hydrogen) atoms. The summed E-state index contributed by atoms with van der Waals surface area (Å²) in [5, 5.41) is 3.17. The summed E-state index contributed by atoms with van der Waals surface area (Å²) < 4.78 is 42.4. The molecule has 0 saturated carbocycles. The number of benzene rings is 1. The topological polar surface area (TPSA) is 52.0 Å². The summed E-state index contributed by atoms with van der Waals surface area (Å²) in [6, 6.07) is 4.81. The van der Waals surface area contributed by atoms with Crippen molar-refractivity contribution in [3.05, 3.63) is 34.9 Å². The molecule has 0 atom stereocenters. The summed E-state index contributed by atoms with van der Waals surface area (Å²) in [7, 11) is 0. The van der Waals surface area contributed by atoms with Crippen LogP contribution in [-0.2, 0) is 6.18 Å². The minimum atomic E-state index is -4.51. The van der Waals surface area contributed by atoms with Crippen LogP contribution in [0.4, 0.5) is 19.1 Å². The number of alkyl halides is 3. The molecule has 3 nitrogen and oxygen atoms in total. The fraction of sp³-hybridized carbons (Fsp3) is 0.100. The Hall–Kier alpha value is -1.69. The van der Waals surface area contributed by atoms with Crippen molar-refractivity contribution in [3.63, 3.8) is 0 Å². The Kier molecular flexibility index (Phi) is 2.74. The summed E-state index contributed by atoms with van der Waals surface area (Å²) in [6.07, 6.45) is -4.51. The van der Waals surface area contributed by atoms with Crippen LogP contribution in [0.25, 0.3) is 11.3 Å². The summed E-state index contributed by atoms with van der Waals surface area (Å²) >= 11 is 5.48. The number of rotatable bonds is 1. The lowest BCUT2D eigenvalue weighted by molar-refractivity contribution is -0.137. The van der Waals surface area contributed by atoms with E-state index >= 15 is 0 Å². The van der Waals surface area contributed by atoms with Crippen LogP contribution in [0, 0.1) is 0 Å². The van der Waals surface area contributed by atoms with E-state index in [9.17, 15) is 13.2 Å². The van der Waals surface area contributed by atoms with Gasteiger partial charge in [0, 0.05) is 11.6 Å². The molecule has 0 unspecified atom stereocenters. The third-order valence-corrected chi connectivity index (χ3v) is 2.43. The van der Waals surface area contributed by atoms with Gasteiger partial charge in [-0.1, -0.05) is 22.8 Å². The lowest BCUT2D eigenvalue weighted by Crippen LogP contribution is -2.05. The average molecular weight is 263 g/mol. The normalized spacial score (nSPS) is 11.8. The van der Waals surface area contributed by atoms with Gasteiger partial charge >= 0.3 is 6.18 Å². The zero-order valence-electron chi connectivity index (χ0n) is 8.25. The number of halogens is 4. The highest BCUT2D eigenvalue weighted by Crippen LogP contribution is 2.37. The Morgan fingerprint density at radius 2 is 1.94 bits per heavy atom. The van der Waals surface area contributed by atoms with Crippen LogP contribution < -0.4 is 5.73 Å². The maximum atomic E-state index is 12.6. The summed E-state index contributed by atoms with van der Waals surface area (Å²) in [5.41, 5.74) is 4.84. The number of nitrogens with zero attached hydrogens (tertiary/aromatic N) is 1. The Bertz CT molecular complexity index is 551. The highest BCUT2D eigenvalue weighted by molar-refractivity contribution is 6.31. The number of hydrogen-bond donors (Lipinski definition) is 1. The third-order valence-electron chi connectivity index (χ3n) is 2.10. The van der Waals surface area contributed by atoms with Gasteiger partial charge < -0.3 is 10.3 Å². The highest BCUT2D eigenvalue weighted by atomic mass is 35.5. The van der Waals surface area contributed by atoms with Gasteiger partial charge in [0.25, 0.3) is 0 Å². The van der Waals surface area contributed by atoms with Gasteiger partial charge in [-0.25, -0.2) is 0 Å². The maximum absolute atomic E-state index is 12.6. The van der Waals surface area contributed by atoms with E-state index < -0.39 is 11.7 Å². The highest BCUT2D eigenvalue weighted by Gasteiger charge is 2.33. The van der Waals surface area contributed by atoms with E-state index in [1.165, 1.54) is 12.1 Å². The molecule has 0 radical (unpaired) electrons. The molecule has 7 heteroatoms. The van der Waals surface area contributed by atoms with E-state index in [-0.39, 0.29) is 22.2 Å². The van der Waals surface area contributed by atoms with Crippen LogP contribution in [0.1, 0.15) is 5.56 Å². The largest absolute Gasteiger partial charge is 0.417 e. The number of nitrogens with two attached hydrogens (primary N) is 1. The first-order valence-corrected chi connectivity index (χ1v) is 4.85. The first-order valence-electron chi connectivity index (χ1n) is 4.47. The Morgan fingerprint density at radius 3 is 2.47 bits per heavy atom. The van der Waals surface area contributed by atoms with Crippen molar-refractivity contribution < 1.29 is 17.7 Å². The fourth-order valence-corrected chi connectivity index (χ4v) is 1.55. The molecule has 0 saturated heterocycles. The second-order valence-corrected chi connectivity index (χ2v) is 3.71. The molecule has 1 aromatic heterocycles. The van der Waals surface area contributed by atoms with E-state index in [0.29, 0.717) is 0 Å². The number of nitrogen functional groups attached to an aromatic ring is 1. The van der Waals surface area contributed by atoms with E-state index in [4.69, 9.17) is 17.3 Å². The van der Waals surface area contributed by atoms with Crippen molar-refractivity contribution in [3.8, 4) is 11.3 Å². The minimum absolute atomic E-state index is 0.0310. The van der Waals surface area contributed by atoms with Crippen molar-refractivity contribution in [2.24, 2.45) is 0 Å². The van der Waals surface area contributed by atoms with Crippen molar-refractivity contribution >= 4 is 17.5 Å². The molecule has 2 aromatic rings. The molecule has 2 N–H and O–H groups in total. The third kappa shape index (κ3) is 2.36. The minimum Gasteiger partial charge on any atom is -0.368 e. The van der Waals surface area contributed by atoms with Crippen LogP contribution in [0.15, 0.2) is 28.8 Å². The summed E-state index contributed by atoms with van der Waals surface area (Å²) in [4.78, 5) is 0. The molecule has 0 bridgehead atoms. The van der Waals surface area contributed by atoms with Gasteiger partial charge in [-0.05, 0) is 12.1 Å². The quantitative estimate of drug-likeness (QED) is 0.854. The molecule has 0 aliphatic rings. The van der Waals surface area contributed by atoms with Gasteiger partial charge in [0.15, 0.2) is 0 Å².